The molecule has 1 aromatic heterocycles. The standard InChI is InChI=1S/C9H12N2S/c1-6(2)9-7(5-10)8(12)3-4-11-9/h3-6,10H,1-2H3,(H,11,12). The summed E-state index contributed by atoms with van der Waals surface area (Å²) in [5, 5.41) is 7.21. The number of rotatable bonds is 2. The topological polar surface area (TPSA) is 39.6 Å². The number of H-pyrrole nitrogens is 1. The molecular weight excluding hydrogens is 168 g/mol. The summed E-state index contributed by atoms with van der Waals surface area (Å²) < 4.78 is 0.743. The van der Waals surface area contributed by atoms with E-state index in [1.54, 1.807) is 0 Å². The van der Waals surface area contributed by atoms with Gasteiger partial charge in [0.2, 0.25) is 0 Å². The number of aromatic amines is 1. The molecule has 0 aromatic carbocycles. The average Bonchev–Trinajstić information content (AvgIpc) is 2.03. The first-order chi connectivity index (χ1) is 5.66. The molecular formula is C9H12N2S. The summed E-state index contributed by atoms with van der Waals surface area (Å²) in [6.45, 7) is 4.15. The number of hydrogen-bond acceptors (Lipinski definition) is 2. The summed E-state index contributed by atoms with van der Waals surface area (Å²) in [4.78, 5) is 3.11. The lowest BCUT2D eigenvalue weighted by molar-refractivity contribution is 0.819. The van der Waals surface area contributed by atoms with E-state index in [0.29, 0.717) is 5.92 Å². The third kappa shape index (κ3) is 1.61. The van der Waals surface area contributed by atoms with Crippen LogP contribution in [0.1, 0.15) is 31.0 Å². The lowest BCUT2D eigenvalue weighted by Crippen LogP contribution is -1.99. The predicted octanol–water partition coefficient (Wildman–Crippen LogP) is 2.87. The largest absolute Gasteiger partial charge is 0.364 e. The van der Waals surface area contributed by atoms with E-state index in [-0.39, 0.29) is 0 Å². The highest BCUT2D eigenvalue weighted by molar-refractivity contribution is 7.71. The molecule has 0 saturated heterocycles. The fraction of sp³-hybridized carbons (Fsp3) is 0.333. The molecule has 0 aliphatic heterocycles. The van der Waals surface area contributed by atoms with Gasteiger partial charge in [-0.1, -0.05) is 26.1 Å². The molecule has 0 amide bonds. The highest BCUT2D eigenvalue weighted by Crippen LogP contribution is 2.15. The van der Waals surface area contributed by atoms with Gasteiger partial charge < -0.3 is 10.4 Å². The molecule has 2 nitrogen and oxygen atoms in total. The van der Waals surface area contributed by atoms with Crippen molar-refractivity contribution in [2.75, 3.05) is 0 Å². The Morgan fingerprint density at radius 1 is 1.58 bits per heavy atom. The first-order valence-corrected chi connectivity index (χ1v) is 4.29. The summed E-state index contributed by atoms with van der Waals surface area (Å²) >= 11 is 5.09. The summed E-state index contributed by atoms with van der Waals surface area (Å²) in [6.07, 6.45) is 3.14. The van der Waals surface area contributed by atoms with E-state index in [4.69, 9.17) is 17.6 Å². The first kappa shape index (κ1) is 9.13. The van der Waals surface area contributed by atoms with Crippen molar-refractivity contribution in [1.82, 2.24) is 4.98 Å². The van der Waals surface area contributed by atoms with E-state index in [1.807, 2.05) is 12.3 Å². The van der Waals surface area contributed by atoms with E-state index < -0.39 is 0 Å². The fourth-order valence-corrected chi connectivity index (χ4v) is 1.37. The van der Waals surface area contributed by atoms with Gasteiger partial charge in [0, 0.05) is 28.2 Å². The summed E-state index contributed by atoms with van der Waals surface area (Å²) in [5.41, 5.74) is 1.88. The third-order valence-electron chi connectivity index (χ3n) is 1.75. The molecule has 0 saturated carbocycles. The van der Waals surface area contributed by atoms with Crippen LogP contribution in [0, 0.1) is 9.92 Å². The van der Waals surface area contributed by atoms with Crippen LogP contribution in [0.15, 0.2) is 12.3 Å². The zero-order chi connectivity index (χ0) is 9.14. The van der Waals surface area contributed by atoms with Crippen molar-refractivity contribution in [1.29, 1.82) is 5.41 Å². The molecule has 64 valence electrons. The van der Waals surface area contributed by atoms with Crippen LogP contribution in [0.2, 0.25) is 0 Å². The Labute approximate surface area is 77.2 Å². The van der Waals surface area contributed by atoms with Crippen LogP contribution < -0.4 is 0 Å². The van der Waals surface area contributed by atoms with E-state index in [0.717, 1.165) is 15.8 Å². The predicted molar refractivity (Wildman–Crippen MR) is 53.6 cm³/mol. The van der Waals surface area contributed by atoms with Gasteiger partial charge >= 0.3 is 0 Å². The molecule has 1 aromatic rings. The number of hydrogen-bond donors (Lipinski definition) is 2. The molecule has 1 rings (SSSR count). The van der Waals surface area contributed by atoms with Gasteiger partial charge in [0.25, 0.3) is 0 Å². The van der Waals surface area contributed by atoms with E-state index in [2.05, 4.69) is 18.8 Å². The Balaban J connectivity index is 3.37. The zero-order valence-corrected chi connectivity index (χ0v) is 8.03. The maximum atomic E-state index is 7.21. The molecule has 0 atom stereocenters. The highest BCUT2D eigenvalue weighted by Gasteiger charge is 2.04. The Bertz CT molecular complexity index is 339. The lowest BCUT2D eigenvalue weighted by Gasteiger charge is -2.08. The molecule has 12 heavy (non-hydrogen) atoms. The van der Waals surface area contributed by atoms with Gasteiger partial charge in [0.15, 0.2) is 0 Å². The number of pyridine rings is 1. The Kier molecular flexibility index (Phi) is 2.76. The normalized spacial score (nSPS) is 10.2. The number of aromatic nitrogens is 1. The summed E-state index contributed by atoms with van der Waals surface area (Å²) in [7, 11) is 0. The number of nitrogens with one attached hydrogen (secondary N) is 2. The zero-order valence-electron chi connectivity index (χ0n) is 7.22. The smallest absolute Gasteiger partial charge is 0.0496 e. The van der Waals surface area contributed by atoms with Crippen LogP contribution in [-0.4, -0.2) is 11.2 Å². The molecule has 0 spiro atoms. The van der Waals surface area contributed by atoms with Crippen molar-refractivity contribution < 1.29 is 0 Å². The van der Waals surface area contributed by atoms with E-state index in [1.165, 1.54) is 6.21 Å². The van der Waals surface area contributed by atoms with Gasteiger partial charge in [0.05, 0.1) is 0 Å². The molecule has 1 heterocycles. The molecule has 0 fully saturated rings. The lowest BCUT2D eigenvalue weighted by atomic mass is 10.0. The maximum absolute atomic E-state index is 7.21. The third-order valence-corrected chi connectivity index (χ3v) is 2.11. The molecule has 0 unspecified atom stereocenters. The van der Waals surface area contributed by atoms with Crippen LogP contribution in [0.4, 0.5) is 0 Å². The summed E-state index contributed by atoms with van der Waals surface area (Å²) in [6, 6.07) is 1.81. The second-order valence-corrected chi connectivity index (χ2v) is 3.41. The molecule has 3 heteroatoms. The highest BCUT2D eigenvalue weighted by atomic mass is 32.1. The Morgan fingerprint density at radius 3 is 2.67 bits per heavy atom. The van der Waals surface area contributed by atoms with Crippen LogP contribution in [0.25, 0.3) is 0 Å². The Hall–Kier alpha value is -0.960. The van der Waals surface area contributed by atoms with Crippen LogP contribution in [0.3, 0.4) is 0 Å². The quantitative estimate of drug-likeness (QED) is 0.533. The molecule has 2 N–H and O–H groups in total. The van der Waals surface area contributed by atoms with Crippen molar-refractivity contribution >= 4 is 18.4 Å². The average molecular weight is 180 g/mol. The van der Waals surface area contributed by atoms with E-state index in [9.17, 15) is 0 Å². The monoisotopic (exact) mass is 180 g/mol. The minimum absolute atomic E-state index is 0.379. The van der Waals surface area contributed by atoms with Crippen molar-refractivity contribution in [2.24, 2.45) is 0 Å². The van der Waals surface area contributed by atoms with Crippen molar-refractivity contribution in [3.63, 3.8) is 0 Å². The SMILES string of the molecule is CC(C)c1[nH]ccc(=S)c1C=N. The van der Waals surface area contributed by atoms with Gasteiger partial charge in [-0.25, -0.2) is 0 Å². The van der Waals surface area contributed by atoms with Gasteiger partial charge in [-0.15, -0.1) is 0 Å². The van der Waals surface area contributed by atoms with Crippen LogP contribution in [0.5, 0.6) is 0 Å². The molecule has 0 aliphatic carbocycles. The van der Waals surface area contributed by atoms with E-state index >= 15 is 0 Å². The van der Waals surface area contributed by atoms with Gasteiger partial charge in [-0.05, 0) is 12.0 Å². The minimum Gasteiger partial charge on any atom is -0.364 e. The maximum Gasteiger partial charge on any atom is 0.0496 e. The molecule has 0 bridgehead atoms. The Morgan fingerprint density at radius 2 is 2.25 bits per heavy atom. The second-order valence-electron chi connectivity index (χ2n) is 2.97. The van der Waals surface area contributed by atoms with Crippen molar-refractivity contribution in [3.05, 3.63) is 28.0 Å². The molecule has 0 radical (unpaired) electrons. The van der Waals surface area contributed by atoms with Crippen LogP contribution >= 0.6 is 12.2 Å². The fourth-order valence-electron chi connectivity index (χ4n) is 1.13. The van der Waals surface area contributed by atoms with Crippen molar-refractivity contribution in [2.45, 2.75) is 19.8 Å². The van der Waals surface area contributed by atoms with Gasteiger partial charge in [-0.3, -0.25) is 0 Å². The van der Waals surface area contributed by atoms with Crippen LogP contribution in [-0.2, 0) is 0 Å². The van der Waals surface area contributed by atoms with Gasteiger partial charge in [0.1, 0.15) is 0 Å². The summed E-state index contributed by atoms with van der Waals surface area (Å²) in [5.74, 6) is 0.379. The first-order valence-electron chi connectivity index (χ1n) is 3.89. The minimum atomic E-state index is 0.379. The van der Waals surface area contributed by atoms with Crippen molar-refractivity contribution in [3.8, 4) is 0 Å². The molecule has 0 aliphatic rings. The second kappa shape index (κ2) is 3.63. The van der Waals surface area contributed by atoms with Gasteiger partial charge in [-0.2, -0.15) is 0 Å².